The molecule has 1 aromatic carbocycles. The zero-order chi connectivity index (χ0) is 18.7. The number of amides is 1. The summed E-state index contributed by atoms with van der Waals surface area (Å²) in [6, 6.07) is 5.29. The molecule has 1 atom stereocenters. The molecule has 0 aromatic heterocycles. The zero-order valence-electron chi connectivity index (χ0n) is 15.7. The second kappa shape index (κ2) is 7.96. The number of nitrogens with one attached hydrogen (secondary N) is 1. The van der Waals surface area contributed by atoms with Crippen molar-refractivity contribution < 1.29 is 13.2 Å². The van der Waals surface area contributed by atoms with Crippen LogP contribution in [0.4, 0.5) is 5.69 Å². The van der Waals surface area contributed by atoms with Gasteiger partial charge in [0.05, 0.1) is 11.9 Å². The second-order valence-corrected chi connectivity index (χ2v) is 9.51. The van der Waals surface area contributed by atoms with Crippen molar-refractivity contribution in [2.24, 2.45) is 5.92 Å². The first-order valence-corrected chi connectivity index (χ1v) is 11.3. The van der Waals surface area contributed by atoms with Gasteiger partial charge in [0.2, 0.25) is 10.0 Å². The highest BCUT2D eigenvalue weighted by molar-refractivity contribution is 7.92. The molecule has 1 amide bonds. The van der Waals surface area contributed by atoms with Gasteiger partial charge in [0.1, 0.15) is 0 Å². The van der Waals surface area contributed by atoms with Gasteiger partial charge >= 0.3 is 0 Å². The Labute approximate surface area is 156 Å². The predicted molar refractivity (Wildman–Crippen MR) is 104 cm³/mol. The van der Waals surface area contributed by atoms with Gasteiger partial charge in [-0.1, -0.05) is 13.3 Å². The first-order valence-electron chi connectivity index (χ1n) is 9.46. The fraction of sp³-hybridized carbons (Fsp3) is 0.632. The van der Waals surface area contributed by atoms with Gasteiger partial charge in [-0.05, 0) is 62.0 Å². The van der Waals surface area contributed by atoms with Crippen molar-refractivity contribution in [3.8, 4) is 0 Å². The number of carbonyl (C=O) groups is 1. The molecule has 7 heteroatoms. The van der Waals surface area contributed by atoms with Gasteiger partial charge in [0, 0.05) is 25.2 Å². The van der Waals surface area contributed by atoms with Gasteiger partial charge in [-0.15, -0.1) is 0 Å². The fourth-order valence-corrected chi connectivity index (χ4v) is 4.83. The molecule has 1 N–H and O–H groups in total. The van der Waals surface area contributed by atoms with Gasteiger partial charge < -0.3 is 10.2 Å². The van der Waals surface area contributed by atoms with E-state index >= 15 is 0 Å². The largest absolute Gasteiger partial charge is 0.352 e. The van der Waals surface area contributed by atoms with Crippen LogP contribution in [0.5, 0.6) is 0 Å². The minimum absolute atomic E-state index is 0.0869. The van der Waals surface area contributed by atoms with Gasteiger partial charge in [0.25, 0.3) is 5.91 Å². The maximum Gasteiger partial charge on any atom is 0.251 e. The number of benzene rings is 1. The Balaban J connectivity index is 1.55. The lowest BCUT2D eigenvalue weighted by Gasteiger charge is -2.29. The van der Waals surface area contributed by atoms with E-state index in [2.05, 4.69) is 17.1 Å². The van der Waals surface area contributed by atoms with Crippen molar-refractivity contribution >= 4 is 21.6 Å². The molecule has 2 aliphatic heterocycles. The maximum atomic E-state index is 12.5. The van der Waals surface area contributed by atoms with Crippen LogP contribution in [-0.2, 0) is 16.4 Å². The first kappa shape index (κ1) is 19.2. The molecule has 144 valence electrons. The van der Waals surface area contributed by atoms with Crippen LogP contribution < -0.4 is 9.62 Å². The third-order valence-corrected chi connectivity index (χ3v) is 6.40. The molecule has 2 aliphatic rings. The molecule has 1 fully saturated rings. The number of fused-ring (bicyclic) bond motifs is 1. The van der Waals surface area contributed by atoms with E-state index in [4.69, 9.17) is 0 Å². The van der Waals surface area contributed by atoms with Crippen molar-refractivity contribution in [3.63, 3.8) is 0 Å². The van der Waals surface area contributed by atoms with Crippen LogP contribution >= 0.6 is 0 Å². The van der Waals surface area contributed by atoms with E-state index in [0.717, 1.165) is 12.1 Å². The van der Waals surface area contributed by atoms with E-state index in [1.807, 2.05) is 6.07 Å². The van der Waals surface area contributed by atoms with Crippen molar-refractivity contribution in [2.45, 2.75) is 32.6 Å². The number of carbonyl (C=O) groups excluding carboxylic acids is 1. The summed E-state index contributed by atoms with van der Waals surface area (Å²) in [5, 5.41) is 3.02. The third kappa shape index (κ3) is 4.57. The standard InChI is InChI=1S/C19H29N3O3S/c1-15(14-21-9-4-3-5-10-21)13-20-19(23)17-6-7-18-16(12-17)8-11-22(18)26(2,24)25/h6-7,12,15H,3-5,8-11,13-14H2,1-2H3,(H,20,23). The van der Waals surface area contributed by atoms with Crippen molar-refractivity contribution in [3.05, 3.63) is 29.3 Å². The van der Waals surface area contributed by atoms with Crippen LogP contribution in [0.2, 0.25) is 0 Å². The summed E-state index contributed by atoms with van der Waals surface area (Å²) in [7, 11) is -3.26. The van der Waals surface area contributed by atoms with Crippen LogP contribution in [0.25, 0.3) is 0 Å². The summed E-state index contributed by atoms with van der Waals surface area (Å²) in [6.45, 7) is 6.63. The van der Waals surface area contributed by atoms with Crippen LogP contribution in [0, 0.1) is 5.92 Å². The summed E-state index contributed by atoms with van der Waals surface area (Å²) in [5.74, 6) is 0.323. The molecular weight excluding hydrogens is 350 g/mol. The van der Waals surface area contributed by atoms with E-state index < -0.39 is 10.0 Å². The number of rotatable bonds is 6. The van der Waals surface area contributed by atoms with Crippen LogP contribution in [0.15, 0.2) is 18.2 Å². The summed E-state index contributed by atoms with van der Waals surface area (Å²) in [5.41, 5.74) is 2.22. The van der Waals surface area contributed by atoms with E-state index in [9.17, 15) is 13.2 Å². The third-order valence-electron chi connectivity index (χ3n) is 5.22. The number of hydrogen-bond donors (Lipinski definition) is 1. The number of hydrogen-bond acceptors (Lipinski definition) is 4. The molecule has 6 nitrogen and oxygen atoms in total. The van der Waals surface area contributed by atoms with Crippen molar-refractivity contribution in [1.82, 2.24) is 10.2 Å². The smallest absolute Gasteiger partial charge is 0.251 e. The molecule has 2 heterocycles. The van der Waals surface area contributed by atoms with E-state index in [1.165, 1.54) is 42.9 Å². The molecule has 0 saturated carbocycles. The van der Waals surface area contributed by atoms with E-state index in [1.54, 1.807) is 12.1 Å². The summed E-state index contributed by atoms with van der Waals surface area (Å²) in [4.78, 5) is 14.9. The zero-order valence-corrected chi connectivity index (χ0v) is 16.5. The Morgan fingerprint density at radius 1 is 1.19 bits per heavy atom. The van der Waals surface area contributed by atoms with Crippen LogP contribution in [0.3, 0.4) is 0 Å². The van der Waals surface area contributed by atoms with Crippen LogP contribution in [-0.4, -0.2) is 58.2 Å². The van der Waals surface area contributed by atoms with E-state index in [0.29, 0.717) is 36.7 Å². The highest BCUT2D eigenvalue weighted by Crippen LogP contribution is 2.30. The molecule has 1 saturated heterocycles. The Morgan fingerprint density at radius 2 is 1.92 bits per heavy atom. The molecular formula is C19H29N3O3S. The van der Waals surface area contributed by atoms with Crippen molar-refractivity contribution in [2.75, 3.05) is 43.3 Å². The number of piperidine rings is 1. The Kier molecular flexibility index (Phi) is 5.87. The highest BCUT2D eigenvalue weighted by atomic mass is 32.2. The molecule has 26 heavy (non-hydrogen) atoms. The molecule has 1 unspecified atom stereocenters. The van der Waals surface area contributed by atoms with Gasteiger partial charge in [-0.25, -0.2) is 8.42 Å². The number of anilines is 1. The normalized spacial score (nSPS) is 19.2. The van der Waals surface area contributed by atoms with Crippen molar-refractivity contribution in [1.29, 1.82) is 0 Å². The Bertz CT molecular complexity index is 757. The fourth-order valence-electron chi connectivity index (χ4n) is 3.87. The molecule has 1 aromatic rings. The first-order chi connectivity index (χ1) is 12.3. The number of nitrogens with zero attached hydrogens (tertiary/aromatic N) is 2. The van der Waals surface area contributed by atoms with Crippen LogP contribution in [0.1, 0.15) is 42.1 Å². The molecule has 0 spiro atoms. The summed E-state index contributed by atoms with van der Waals surface area (Å²) < 4.78 is 25.0. The average molecular weight is 380 g/mol. The van der Waals surface area contributed by atoms with Gasteiger partial charge in [-0.3, -0.25) is 9.10 Å². The molecule has 0 radical (unpaired) electrons. The minimum Gasteiger partial charge on any atom is -0.352 e. The second-order valence-electron chi connectivity index (χ2n) is 7.61. The van der Waals surface area contributed by atoms with Gasteiger partial charge in [0.15, 0.2) is 0 Å². The predicted octanol–water partition coefficient (Wildman–Crippen LogP) is 1.86. The number of sulfonamides is 1. The topological polar surface area (TPSA) is 69.7 Å². The summed E-state index contributed by atoms with van der Waals surface area (Å²) >= 11 is 0. The van der Waals surface area contributed by atoms with E-state index in [-0.39, 0.29) is 5.91 Å². The Morgan fingerprint density at radius 3 is 2.62 bits per heavy atom. The molecule has 0 aliphatic carbocycles. The number of likely N-dealkylation sites (tertiary alicyclic amines) is 1. The highest BCUT2D eigenvalue weighted by Gasteiger charge is 2.26. The summed E-state index contributed by atoms with van der Waals surface area (Å²) in [6.07, 6.45) is 5.75. The SMILES string of the molecule is CC(CNC(=O)c1ccc2c(c1)CCN2S(C)(=O)=O)CN1CCCCC1. The maximum absolute atomic E-state index is 12.5. The lowest BCUT2D eigenvalue weighted by Crippen LogP contribution is -2.38. The quantitative estimate of drug-likeness (QED) is 0.819. The van der Waals surface area contributed by atoms with Gasteiger partial charge in [-0.2, -0.15) is 0 Å². The minimum atomic E-state index is -3.26. The molecule has 0 bridgehead atoms. The average Bonchev–Trinajstić information content (AvgIpc) is 3.04. The molecule has 3 rings (SSSR count). The Hall–Kier alpha value is -1.60. The lowest BCUT2D eigenvalue weighted by molar-refractivity contribution is 0.0942. The monoisotopic (exact) mass is 379 g/mol. The lowest BCUT2D eigenvalue weighted by atomic mass is 10.1.